The fourth-order valence-electron chi connectivity index (χ4n) is 3.89. The van der Waals surface area contributed by atoms with Gasteiger partial charge in [0.1, 0.15) is 5.82 Å². The van der Waals surface area contributed by atoms with Crippen molar-refractivity contribution in [2.45, 2.75) is 38.5 Å². The van der Waals surface area contributed by atoms with Crippen LogP contribution in [0.15, 0.2) is 84.9 Å². The van der Waals surface area contributed by atoms with Crippen molar-refractivity contribution in [1.82, 2.24) is 10.2 Å². The number of halogens is 1. The lowest BCUT2D eigenvalue weighted by molar-refractivity contribution is -0.127. The number of nitrogens with zero attached hydrogens (tertiary/aromatic N) is 1. The average molecular weight is 461 g/mol. The first kappa shape index (κ1) is 25.3. The number of carbonyl (C=O) groups excluding carboxylic acids is 1. The van der Waals surface area contributed by atoms with Crippen LogP contribution in [0.3, 0.4) is 0 Å². The first-order valence-electron chi connectivity index (χ1n) is 11.7. The number of benzene rings is 3. The number of hydrogen-bond acceptors (Lipinski definition) is 3. The van der Waals surface area contributed by atoms with Gasteiger partial charge in [0.2, 0.25) is 5.91 Å². The smallest absolute Gasteiger partial charge is 0.237 e. The maximum absolute atomic E-state index is 13.1. The summed E-state index contributed by atoms with van der Waals surface area (Å²) in [5.41, 5.74) is 4.33. The molecule has 4 nitrogen and oxygen atoms in total. The number of hydrogen-bond donors (Lipinski definition) is 2. The third-order valence-corrected chi connectivity index (χ3v) is 5.77. The number of amides is 1. The second-order valence-electron chi connectivity index (χ2n) is 8.57. The van der Waals surface area contributed by atoms with Crippen molar-refractivity contribution in [2.24, 2.45) is 0 Å². The summed E-state index contributed by atoms with van der Waals surface area (Å²) >= 11 is 0. The minimum Gasteiger partial charge on any atom is -0.393 e. The zero-order valence-corrected chi connectivity index (χ0v) is 19.8. The lowest BCUT2D eigenvalue weighted by Crippen LogP contribution is -2.46. The number of rotatable bonds is 11. The van der Waals surface area contributed by atoms with Crippen LogP contribution in [0.25, 0.3) is 17.2 Å². The van der Waals surface area contributed by atoms with E-state index in [1.54, 1.807) is 19.1 Å². The van der Waals surface area contributed by atoms with Gasteiger partial charge in [-0.05, 0) is 61.2 Å². The van der Waals surface area contributed by atoms with Crippen molar-refractivity contribution < 1.29 is 14.3 Å². The SMILES string of the molecule is CC(O)CC(C(=O)NCc1ccc(F)cc1)N(C)CC/C=C/c1ccccc1-c1ccccc1. The summed E-state index contributed by atoms with van der Waals surface area (Å²) in [5.74, 6) is -0.452. The number of likely N-dealkylation sites (N-methyl/N-ethyl adjacent to an activating group) is 1. The molecule has 178 valence electrons. The van der Waals surface area contributed by atoms with Crippen LogP contribution < -0.4 is 5.32 Å². The Bertz CT molecular complexity index is 1070. The van der Waals surface area contributed by atoms with Gasteiger partial charge < -0.3 is 10.4 Å². The Morgan fingerprint density at radius 1 is 1.03 bits per heavy atom. The van der Waals surface area contributed by atoms with Crippen molar-refractivity contribution in [3.05, 3.63) is 102 Å². The molecule has 0 aliphatic rings. The molecule has 3 aromatic rings. The Morgan fingerprint density at radius 2 is 1.71 bits per heavy atom. The Labute approximate surface area is 201 Å². The van der Waals surface area contributed by atoms with Crippen LogP contribution in [-0.4, -0.2) is 41.7 Å². The van der Waals surface area contributed by atoms with Crippen molar-refractivity contribution >= 4 is 12.0 Å². The van der Waals surface area contributed by atoms with Crippen molar-refractivity contribution in [3.63, 3.8) is 0 Å². The van der Waals surface area contributed by atoms with Crippen LogP contribution in [0, 0.1) is 5.82 Å². The summed E-state index contributed by atoms with van der Waals surface area (Å²) in [7, 11) is 1.90. The van der Waals surface area contributed by atoms with E-state index >= 15 is 0 Å². The molecule has 3 rings (SSSR count). The molecule has 1 amide bonds. The molecule has 0 aromatic heterocycles. The van der Waals surface area contributed by atoms with Gasteiger partial charge in [-0.15, -0.1) is 0 Å². The third kappa shape index (κ3) is 7.65. The van der Waals surface area contributed by atoms with Gasteiger partial charge in [-0.3, -0.25) is 9.69 Å². The number of aliphatic hydroxyl groups excluding tert-OH is 1. The molecule has 2 atom stereocenters. The van der Waals surface area contributed by atoms with Gasteiger partial charge in [0.15, 0.2) is 0 Å². The van der Waals surface area contributed by atoms with Gasteiger partial charge in [-0.25, -0.2) is 4.39 Å². The quantitative estimate of drug-likeness (QED) is 0.409. The van der Waals surface area contributed by atoms with Crippen LogP contribution in [-0.2, 0) is 11.3 Å². The number of carbonyl (C=O) groups is 1. The minimum absolute atomic E-state index is 0.147. The lowest BCUT2D eigenvalue weighted by Gasteiger charge is -2.28. The zero-order chi connectivity index (χ0) is 24.3. The lowest BCUT2D eigenvalue weighted by atomic mass is 9.99. The van der Waals surface area contributed by atoms with Gasteiger partial charge in [-0.2, -0.15) is 0 Å². The van der Waals surface area contributed by atoms with Crippen LogP contribution in [0.4, 0.5) is 4.39 Å². The largest absolute Gasteiger partial charge is 0.393 e. The molecular weight excluding hydrogens is 427 g/mol. The van der Waals surface area contributed by atoms with E-state index in [0.717, 1.165) is 17.5 Å². The fraction of sp³-hybridized carbons (Fsp3) is 0.276. The van der Waals surface area contributed by atoms with Gasteiger partial charge in [0.25, 0.3) is 0 Å². The van der Waals surface area contributed by atoms with E-state index in [1.165, 1.54) is 23.3 Å². The Morgan fingerprint density at radius 3 is 2.41 bits per heavy atom. The zero-order valence-electron chi connectivity index (χ0n) is 19.8. The summed E-state index contributed by atoms with van der Waals surface area (Å²) in [6.45, 7) is 2.68. The van der Waals surface area contributed by atoms with Crippen molar-refractivity contribution in [2.75, 3.05) is 13.6 Å². The summed E-state index contributed by atoms with van der Waals surface area (Å²) in [6, 6.07) is 24.2. The van der Waals surface area contributed by atoms with Crippen LogP contribution in [0.5, 0.6) is 0 Å². The summed E-state index contributed by atoms with van der Waals surface area (Å²) < 4.78 is 13.1. The molecule has 0 aliphatic carbocycles. The molecule has 3 aromatic carbocycles. The molecule has 0 fully saturated rings. The second kappa shape index (κ2) is 12.8. The number of nitrogens with one attached hydrogen (secondary N) is 1. The minimum atomic E-state index is -0.600. The predicted molar refractivity (Wildman–Crippen MR) is 136 cm³/mol. The monoisotopic (exact) mass is 460 g/mol. The first-order valence-corrected chi connectivity index (χ1v) is 11.7. The maximum Gasteiger partial charge on any atom is 0.237 e. The topological polar surface area (TPSA) is 52.6 Å². The normalized spacial score (nSPS) is 13.2. The van der Waals surface area contributed by atoms with Gasteiger partial charge >= 0.3 is 0 Å². The summed E-state index contributed by atoms with van der Waals surface area (Å²) in [6.07, 6.45) is 4.74. The third-order valence-electron chi connectivity index (χ3n) is 5.77. The number of aliphatic hydroxyl groups is 1. The van der Waals surface area contributed by atoms with E-state index in [9.17, 15) is 14.3 Å². The fourth-order valence-corrected chi connectivity index (χ4v) is 3.89. The molecule has 0 aliphatic heterocycles. The van der Waals surface area contributed by atoms with E-state index in [0.29, 0.717) is 19.5 Å². The standard InChI is InChI=1S/C29H33FN2O2/c1-22(33)20-28(29(34)31-21-23-15-17-26(30)18-16-23)32(2)19-9-8-13-25-12-6-7-14-27(25)24-10-4-3-5-11-24/h3-8,10-18,22,28,33H,9,19-21H2,1-2H3,(H,31,34)/b13-8+. The Balaban J connectivity index is 1.58. The molecule has 0 heterocycles. The molecule has 0 saturated heterocycles. The summed E-state index contributed by atoms with van der Waals surface area (Å²) in [5, 5.41) is 12.8. The predicted octanol–water partition coefficient (Wildman–Crippen LogP) is 5.28. The van der Waals surface area contributed by atoms with Crippen LogP contribution >= 0.6 is 0 Å². The van der Waals surface area contributed by atoms with Crippen LogP contribution in [0.1, 0.15) is 30.9 Å². The molecule has 2 N–H and O–H groups in total. The molecule has 0 radical (unpaired) electrons. The molecule has 0 bridgehead atoms. The van der Waals surface area contributed by atoms with Gasteiger partial charge in [0, 0.05) is 13.1 Å². The highest BCUT2D eigenvalue weighted by Crippen LogP contribution is 2.24. The molecule has 0 spiro atoms. The van der Waals surface area contributed by atoms with E-state index < -0.39 is 12.1 Å². The molecule has 5 heteroatoms. The Kier molecular flexibility index (Phi) is 9.56. The molecule has 0 saturated carbocycles. The molecule has 34 heavy (non-hydrogen) atoms. The highest BCUT2D eigenvalue weighted by molar-refractivity contribution is 5.81. The van der Waals surface area contributed by atoms with Crippen molar-refractivity contribution in [3.8, 4) is 11.1 Å². The van der Waals surface area contributed by atoms with Crippen LogP contribution in [0.2, 0.25) is 0 Å². The highest BCUT2D eigenvalue weighted by Gasteiger charge is 2.24. The van der Waals surface area contributed by atoms with Gasteiger partial charge in [0.05, 0.1) is 12.1 Å². The van der Waals surface area contributed by atoms with E-state index in [1.807, 2.05) is 42.3 Å². The maximum atomic E-state index is 13.1. The van der Waals surface area contributed by atoms with Crippen molar-refractivity contribution in [1.29, 1.82) is 0 Å². The highest BCUT2D eigenvalue weighted by atomic mass is 19.1. The first-order chi connectivity index (χ1) is 16.4. The van der Waals surface area contributed by atoms with E-state index in [4.69, 9.17) is 0 Å². The van der Waals surface area contributed by atoms with E-state index in [2.05, 4.69) is 41.7 Å². The Hall–Kier alpha value is -3.28. The second-order valence-corrected chi connectivity index (χ2v) is 8.57. The van der Waals surface area contributed by atoms with E-state index in [-0.39, 0.29) is 11.7 Å². The average Bonchev–Trinajstić information content (AvgIpc) is 2.85. The molecular formula is C29H33FN2O2. The van der Waals surface area contributed by atoms with Gasteiger partial charge in [-0.1, -0.05) is 78.9 Å². The summed E-state index contributed by atoms with van der Waals surface area (Å²) in [4.78, 5) is 14.8. The molecule has 2 unspecified atom stereocenters.